The molecule has 0 bridgehead atoms. The molecule has 0 atom stereocenters. The van der Waals surface area contributed by atoms with Gasteiger partial charge in [-0.05, 0) is 27.3 Å². The van der Waals surface area contributed by atoms with Crippen LogP contribution in [0.3, 0.4) is 0 Å². The summed E-state index contributed by atoms with van der Waals surface area (Å²) < 4.78 is 5.21. The number of hydrogen-bond acceptors (Lipinski definition) is 3. The molecule has 4 nitrogen and oxygen atoms in total. The smallest absolute Gasteiger partial charge is 0.323 e. The van der Waals surface area contributed by atoms with Gasteiger partial charge >= 0.3 is 5.97 Å². The topological polar surface area (TPSA) is 49.8 Å². The number of carbonyl (C=O) groups is 1. The van der Waals surface area contributed by atoms with Crippen LogP contribution in [-0.4, -0.2) is 47.8 Å². The van der Waals surface area contributed by atoms with Crippen LogP contribution in [0.4, 0.5) is 0 Å². The zero-order valence-corrected chi connectivity index (χ0v) is 9.54. The molecule has 0 aromatic rings. The summed E-state index contributed by atoms with van der Waals surface area (Å²) in [5.41, 5.74) is -0.814. The first-order valence-electron chi connectivity index (χ1n) is 5.03. The van der Waals surface area contributed by atoms with Gasteiger partial charge in [0, 0.05) is 13.2 Å². The number of carboxylic acid groups (broad SMARTS) is 1. The number of nitrogens with zero attached hydrogens (tertiary/aromatic N) is 1. The van der Waals surface area contributed by atoms with Gasteiger partial charge in [-0.2, -0.15) is 0 Å². The number of likely N-dealkylation sites (N-methyl/N-ethyl adjacent to an activating group) is 1. The molecule has 0 aliphatic heterocycles. The Morgan fingerprint density at radius 3 is 2.36 bits per heavy atom. The molecule has 0 amide bonds. The van der Waals surface area contributed by atoms with E-state index in [4.69, 9.17) is 9.84 Å². The Morgan fingerprint density at radius 1 is 1.43 bits per heavy atom. The van der Waals surface area contributed by atoms with E-state index in [1.165, 1.54) is 0 Å². The van der Waals surface area contributed by atoms with E-state index in [2.05, 4.69) is 0 Å². The van der Waals surface area contributed by atoms with Gasteiger partial charge in [0.1, 0.15) is 5.54 Å². The highest BCUT2D eigenvalue weighted by Gasteiger charge is 2.32. The fourth-order valence-electron chi connectivity index (χ4n) is 1.29. The third-order valence-corrected chi connectivity index (χ3v) is 2.41. The SMILES string of the molecule is CCOCCN(CC)C(C)(C)C(=O)O. The normalized spacial score (nSPS) is 12.1. The summed E-state index contributed by atoms with van der Waals surface area (Å²) >= 11 is 0. The summed E-state index contributed by atoms with van der Waals surface area (Å²) in [6, 6.07) is 0. The van der Waals surface area contributed by atoms with E-state index in [9.17, 15) is 4.79 Å². The molecule has 0 saturated heterocycles. The van der Waals surface area contributed by atoms with Gasteiger partial charge < -0.3 is 9.84 Å². The minimum atomic E-state index is -0.814. The lowest BCUT2D eigenvalue weighted by molar-refractivity contribution is -0.149. The number of rotatable bonds is 7. The van der Waals surface area contributed by atoms with Crippen LogP contribution in [0, 0.1) is 0 Å². The second-order valence-corrected chi connectivity index (χ2v) is 3.64. The summed E-state index contributed by atoms with van der Waals surface area (Å²) in [6.45, 7) is 9.94. The Morgan fingerprint density at radius 2 is 2.00 bits per heavy atom. The van der Waals surface area contributed by atoms with E-state index in [1.807, 2.05) is 18.7 Å². The maximum Gasteiger partial charge on any atom is 0.323 e. The summed E-state index contributed by atoms with van der Waals surface area (Å²) in [6.07, 6.45) is 0. The van der Waals surface area contributed by atoms with Crippen LogP contribution >= 0.6 is 0 Å². The maximum absolute atomic E-state index is 11.0. The van der Waals surface area contributed by atoms with Crippen LogP contribution in [0.2, 0.25) is 0 Å². The van der Waals surface area contributed by atoms with Gasteiger partial charge in [-0.3, -0.25) is 9.69 Å². The average molecular weight is 203 g/mol. The monoisotopic (exact) mass is 203 g/mol. The van der Waals surface area contributed by atoms with Crippen molar-refractivity contribution in [2.45, 2.75) is 33.2 Å². The van der Waals surface area contributed by atoms with Gasteiger partial charge in [0.25, 0.3) is 0 Å². The number of hydrogen-bond donors (Lipinski definition) is 1. The molecule has 0 heterocycles. The molecule has 0 aliphatic rings. The van der Waals surface area contributed by atoms with E-state index in [0.29, 0.717) is 26.3 Å². The summed E-state index contributed by atoms with van der Waals surface area (Å²) in [7, 11) is 0. The van der Waals surface area contributed by atoms with E-state index in [1.54, 1.807) is 13.8 Å². The van der Waals surface area contributed by atoms with Gasteiger partial charge in [0.15, 0.2) is 0 Å². The van der Waals surface area contributed by atoms with Crippen molar-refractivity contribution in [3.8, 4) is 0 Å². The van der Waals surface area contributed by atoms with Crippen LogP contribution in [-0.2, 0) is 9.53 Å². The maximum atomic E-state index is 11.0. The molecule has 84 valence electrons. The Labute approximate surface area is 85.9 Å². The molecule has 0 fully saturated rings. The van der Waals surface area contributed by atoms with Crippen molar-refractivity contribution in [2.24, 2.45) is 0 Å². The van der Waals surface area contributed by atoms with Crippen molar-refractivity contribution in [3.05, 3.63) is 0 Å². The Balaban J connectivity index is 4.18. The molecule has 0 aromatic carbocycles. The minimum absolute atomic E-state index is 0.584. The summed E-state index contributed by atoms with van der Waals surface area (Å²) in [5, 5.41) is 9.02. The third-order valence-electron chi connectivity index (χ3n) is 2.41. The van der Waals surface area contributed by atoms with Crippen molar-refractivity contribution in [2.75, 3.05) is 26.3 Å². The van der Waals surface area contributed by atoms with Gasteiger partial charge in [0.2, 0.25) is 0 Å². The standard InChI is InChI=1S/C10H21NO3/c1-5-11(7-8-14-6-2)10(3,4)9(12)13/h5-8H2,1-4H3,(H,12,13). The highest BCUT2D eigenvalue weighted by molar-refractivity contribution is 5.77. The summed E-state index contributed by atoms with van der Waals surface area (Å²) in [5.74, 6) is -0.796. The van der Waals surface area contributed by atoms with Crippen LogP contribution in [0.1, 0.15) is 27.7 Å². The molecule has 4 heteroatoms. The predicted octanol–water partition coefficient (Wildman–Crippen LogP) is 1.21. The van der Waals surface area contributed by atoms with Crippen molar-refractivity contribution in [3.63, 3.8) is 0 Å². The largest absolute Gasteiger partial charge is 0.480 e. The first kappa shape index (κ1) is 13.4. The van der Waals surface area contributed by atoms with E-state index in [-0.39, 0.29) is 0 Å². The molecule has 0 aliphatic carbocycles. The van der Waals surface area contributed by atoms with Crippen LogP contribution in [0.5, 0.6) is 0 Å². The first-order chi connectivity index (χ1) is 6.46. The van der Waals surface area contributed by atoms with E-state index < -0.39 is 11.5 Å². The molecule has 0 radical (unpaired) electrons. The third kappa shape index (κ3) is 3.64. The molecule has 0 saturated carbocycles. The molecular formula is C10H21NO3. The minimum Gasteiger partial charge on any atom is -0.480 e. The van der Waals surface area contributed by atoms with Gasteiger partial charge in [-0.25, -0.2) is 0 Å². The lowest BCUT2D eigenvalue weighted by atomic mass is 10.0. The van der Waals surface area contributed by atoms with Crippen LogP contribution in [0.15, 0.2) is 0 Å². The van der Waals surface area contributed by atoms with Crippen molar-refractivity contribution in [1.29, 1.82) is 0 Å². The Kier molecular flexibility index (Phi) is 5.72. The zero-order valence-electron chi connectivity index (χ0n) is 9.54. The molecule has 1 N–H and O–H groups in total. The van der Waals surface area contributed by atoms with E-state index >= 15 is 0 Å². The van der Waals surface area contributed by atoms with Crippen LogP contribution < -0.4 is 0 Å². The summed E-state index contributed by atoms with van der Waals surface area (Å²) in [4.78, 5) is 12.9. The van der Waals surface area contributed by atoms with Gasteiger partial charge in [-0.1, -0.05) is 6.92 Å². The van der Waals surface area contributed by atoms with E-state index in [0.717, 1.165) is 0 Å². The van der Waals surface area contributed by atoms with Crippen LogP contribution in [0.25, 0.3) is 0 Å². The molecule has 14 heavy (non-hydrogen) atoms. The Hall–Kier alpha value is -0.610. The van der Waals surface area contributed by atoms with Gasteiger partial charge in [0.05, 0.1) is 6.61 Å². The average Bonchev–Trinajstić information content (AvgIpc) is 2.12. The Bertz CT molecular complexity index is 180. The highest BCUT2D eigenvalue weighted by Crippen LogP contribution is 2.13. The second kappa shape index (κ2) is 5.98. The molecule has 0 aromatic heterocycles. The number of aliphatic carboxylic acids is 1. The molecule has 0 rings (SSSR count). The van der Waals surface area contributed by atoms with Gasteiger partial charge in [-0.15, -0.1) is 0 Å². The highest BCUT2D eigenvalue weighted by atomic mass is 16.5. The lowest BCUT2D eigenvalue weighted by Gasteiger charge is -2.33. The number of carboxylic acids is 1. The van der Waals surface area contributed by atoms with Crippen molar-refractivity contribution in [1.82, 2.24) is 4.90 Å². The van der Waals surface area contributed by atoms with Crippen molar-refractivity contribution < 1.29 is 14.6 Å². The zero-order chi connectivity index (χ0) is 11.2. The molecule has 0 unspecified atom stereocenters. The predicted molar refractivity (Wildman–Crippen MR) is 55.5 cm³/mol. The second-order valence-electron chi connectivity index (χ2n) is 3.64. The molecule has 0 spiro atoms. The lowest BCUT2D eigenvalue weighted by Crippen LogP contribution is -2.51. The fraction of sp³-hybridized carbons (Fsp3) is 0.900. The quantitative estimate of drug-likeness (QED) is 0.632. The first-order valence-corrected chi connectivity index (χ1v) is 5.03. The van der Waals surface area contributed by atoms with Crippen molar-refractivity contribution >= 4 is 5.97 Å². The molecular weight excluding hydrogens is 182 g/mol. The number of ether oxygens (including phenoxy) is 1. The fourth-order valence-corrected chi connectivity index (χ4v) is 1.29.